The van der Waals surface area contributed by atoms with Crippen LogP contribution in [0.3, 0.4) is 0 Å². The molecule has 7 heteroatoms. The molecule has 1 saturated carbocycles. The molecule has 0 heterocycles. The van der Waals surface area contributed by atoms with Gasteiger partial charge in [-0.3, -0.25) is 4.79 Å². The predicted molar refractivity (Wildman–Crippen MR) is 91.3 cm³/mol. The molecule has 3 atom stereocenters. The van der Waals surface area contributed by atoms with Gasteiger partial charge in [0.1, 0.15) is 5.75 Å². The Labute approximate surface area is 147 Å². The first-order valence-electron chi connectivity index (χ1n) is 8.42. The van der Waals surface area contributed by atoms with E-state index >= 15 is 0 Å². The summed E-state index contributed by atoms with van der Waals surface area (Å²) in [6, 6.07) is 9.10. The zero-order chi connectivity index (χ0) is 18.1. The number of nitrogens with one attached hydrogen (secondary N) is 1. The Balaban J connectivity index is 1.81. The SMILES string of the molecule is COCCOCC1(CNC(=O)COc2ccccc2)C[C@@H](O)[C@@H](O)C1. The van der Waals surface area contributed by atoms with Crippen LogP contribution in [0.4, 0.5) is 0 Å². The third-order valence-corrected chi connectivity index (χ3v) is 4.34. The summed E-state index contributed by atoms with van der Waals surface area (Å²) in [6.45, 7) is 1.46. The van der Waals surface area contributed by atoms with Crippen LogP contribution in [0.1, 0.15) is 12.8 Å². The maximum absolute atomic E-state index is 12.0. The molecule has 0 radical (unpaired) electrons. The van der Waals surface area contributed by atoms with Crippen LogP contribution in [0, 0.1) is 5.41 Å². The fourth-order valence-electron chi connectivity index (χ4n) is 2.99. The molecule has 2 rings (SSSR count). The lowest BCUT2D eigenvalue weighted by atomic mass is 9.86. The molecule has 1 aromatic carbocycles. The van der Waals surface area contributed by atoms with Crippen LogP contribution in [0.2, 0.25) is 0 Å². The second kappa shape index (κ2) is 9.72. The largest absolute Gasteiger partial charge is 0.484 e. The summed E-state index contributed by atoms with van der Waals surface area (Å²) in [5, 5.41) is 22.6. The molecule has 0 aliphatic heterocycles. The van der Waals surface area contributed by atoms with Gasteiger partial charge < -0.3 is 29.7 Å². The van der Waals surface area contributed by atoms with Crippen LogP contribution in [-0.4, -0.2) is 68.4 Å². The molecule has 0 saturated heterocycles. The van der Waals surface area contributed by atoms with Gasteiger partial charge in [0, 0.05) is 19.1 Å². The molecule has 0 bridgehead atoms. The summed E-state index contributed by atoms with van der Waals surface area (Å²) in [4.78, 5) is 12.0. The highest BCUT2D eigenvalue weighted by Crippen LogP contribution is 2.38. The van der Waals surface area contributed by atoms with E-state index in [1.807, 2.05) is 18.2 Å². The van der Waals surface area contributed by atoms with E-state index in [2.05, 4.69) is 5.32 Å². The summed E-state index contributed by atoms with van der Waals surface area (Å²) >= 11 is 0. The van der Waals surface area contributed by atoms with Gasteiger partial charge in [0.15, 0.2) is 6.61 Å². The van der Waals surface area contributed by atoms with E-state index in [0.717, 1.165) is 0 Å². The normalized spacial score (nSPS) is 25.7. The molecule has 0 spiro atoms. The number of rotatable bonds is 10. The predicted octanol–water partition coefficient (Wildman–Crippen LogP) is 0.347. The number of methoxy groups -OCH3 is 1. The quantitative estimate of drug-likeness (QED) is 0.525. The number of carbonyl (C=O) groups excluding carboxylic acids is 1. The topological polar surface area (TPSA) is 97.3 Å². The van der Waals surface area contributed by atoms with Gasteiger partial charge in [0.2, 0.25) is 0 Å². The minimum atomic E-state index is -0.802. The van der Waals surface area contributed by atoms with Crippen LogP contribution in [0.25, 0.3) is 0 Å². The van der Waals surface area contributed by atoms with Crippen molar-refractivity contribution in [3.63, 3.8) is 0 Å². The van der Waals surface area contributed by atoms with Crippen molar-refractivity contribution in [2.45, 2.75) is 25.0 Å². The number of hydrogen-bond acceptors (Lipinski definition) is 6. The molecule has 1 aliphatic rings. The Bertz CT molecular complexity index is 514. The Morgan fingerprint density at radius 2 is 1.88 bits per heavy atom. The van der Waals surface area contributed by atoms with Crippen molar-refractivity contribution < 1.29 is 29.2 Å². The van der Waals surface area contributed by atoms with Gasteiger partial charge in [0.05, 0.1) is 32.0 Å². The molecule has 0 aromatic heterocycles. The number of para-hydroxylation sites is 1. The highest BCUT2D eigenvalue weighted by Gasteiger charge is 2.44. The van der Waals surface area contributed by atoms with E-state index in [1.54, 1.807) is 19.2 Å². The number of ether oxygens (including phenoxy) is 3. The number of benzene rings is 1. The molecule has 1 unspecified atom stereocenters. The fraction of sp³-hybridized carbons (Fsp3) is 0.611. The van der Waals surface area contributed by atoms with Gasteiger partial charge in [0.25, 0.3) is 5.91 Å². The van der Waals surface area contributed by atoms with E-state index in [0.29, 0.717) is 45.0 Å². The lowest BCUT2D eigenvalue weighted by Crippen LogP contribution is -2.41. The molecule has 3 N–H and O–H groups in total. The molecule has 7 nitrogen and oxygen atoms in total. The Morgan fingerprint density at radius 3 is 2.52 bits per heavy atom. The third kappa shape index (κ3) is 6.28. The summed E-state index contributed by atoms with van der Waals surface area (Å²) in [7, 11) is 1.59. The van der Waals surface area contributed by atoms with Gasteiger partial charge in [-0.05, 0) is 25.0 Å². The van der Waals surface area contributed by atoms with E-state index in [9.17, 15) is 15.0 Å². The molecule has 25 heavy (non-hydrogen) atoms. The highest BCUT2D eigenvalue weighted by atomic mass is 16.5. The average molecular weight is 353 g/mol. The minimum Gasteiger partial charge on any atom is -0.484 e. The van der Waals surface area contributed by atoms with Crippen LogP contribution in [0.5, 0.6) is 5.75 Å². The van der Waals surface area contributed by atoms with E-state index in [4.69, 9.17) is 14.2 Å². The van der Waals surface area contributed by atoms with Crippen LogP contribution in [-0.2, 0) is 14.3 Å². The van der Waals surface area contributed by atoms with Crippen molar-refractivity contribution in [2.24, 2.45) is 5.41 Å². The molecular weight excluding hydrogens is 326 g/mol. The first-order chi connectivity index (χ1) is 12.0. The fourth-order valence-corrected chi connectivity index (χ4v) is 2.99. The molecule has 140 valence electrons. The smallest absolute Gasteiger partial charge is 0.257 e. The zero-order valence-corrected chi connectivity index (χ0v) is 14.5. The van der Waals surface area contributed by atoms with Crippen molar-refractivity contribution >= 4 is 5.91 Å². The highest BCUT2D eigenvalue weighted by molar-refractivity contribution is 5.77. The van der Waals surface area contributed by atoms with Gasteiger partial charge in [-0.15, -0.1) is 0 Å². The summed E-state index contributed by atoms with van der Waals surface area (Å²) in [5.74, 6) is 0.373. The third-order valence-electron chi connectivity index (χ3n) is 4.34. The summed E-state index contributed by atoms with van der Waals surface area (Å²) in [5.41, 5.74) is -0.491. The van der Waals surface area contributed by atoms with Crippen LogP contribution < -0.4 is 10.1 Å². The first kappa shape index (κ1) is 19.7. The second-order valence-corrected chi connectivity index (χ2v) is 6.47. The lowest BCUT2D eigenvalue weighted by molar-refractivity contribution is -0.124. The maximum Gasteiger partial charge on any atom is 0.257 e. The van der Waals surface area contributed by atoms with Crippen molar-refractivity contribution in [1.82, 2.24) is 5.32 Å². The standard InChI is InChI=1S/C18H27NO6/c1-23-7-8-24-13-18(9-15(20)16(21)10-18)12-19-17(22)11-25-14-5-3-2-4-6-14/h2-6,15-16,20-21H,7-13H2,1H3,(H,19,22)/t15-,16+,18?. The number of hydrogen-bond donors (Lipinski definition) is 3. The van der Waals surface area contributed by atoms with E-state index < -0.39 is 17.6 Å². The van der Waals surface area contributed by atoms with Crippen molar-refractivity contribution in [3.05, 3.63) is 30.3 Å². The molecule has 1 fully saturated rings. The minimum absolute atomic E-state index is 0.0876. The number of amides is 1. The molecule has 1 aromatic rings. The van der Waals surface area contributed by atoms with Gasteiger partial charge in [-0.1, -0.05) is 18.2 Å². The van der Waals surface area contributed by atoms with E-state index in [1.165, 1.54) is 0 Å². The summed E-state index contributed by atoms with van der Waals surface area (Å²) in [6.07, 6.45) is -0.853. The second-order valence-electron chi connectivity index (χ2n) is 6.47. The van der Waals surface area contributed by atoms with Gasteiger partial charge in [-0.2, -0.15) is 0 Å². The molecule has 1 amide bonds. The Hall–Kier alpha value is -1.67. The van der Waals surface area contributed by atoms with Crippen molar-refractivity contribution in [1.29, 1.82) is 0 Å². The van der Waals surface area contributed by atoms with Crippen molar-refractivity contribution in [2.75, 3.05) is 40.1 Å². The zero-order valence-electron chi connectivity index (χ0n) is 14.5. The molecule has 1 aliphatic carbocycles. The van der Waals surface area contributed by atoms with Crippen LogP contribution in [0.15, 0.2) is 30.3 Å². The summed E-state index contributed by atoms with van der Waals surface area (Å²) < 4.78 is 15.9. The van der Waals surface area contributed by atoms with Crippen molar-refractivity contribution in [3.8, 4) is 5.75 Å². The Morgan fingerprint density at radius 1 is 1.20 bits per heavy atom. The first-order valence-corrected chi connectivity index (χ1v) is 8.42. The average Bonchev–Trinajstić information content (AvgIpc) is 2.91. The number of carbonyl (C=O) groups is 1. The number of aliphatic hydroxyl groups excluding tert-OH is 2. The lowest BCUT2D eigenvalue weighted by Gasteiger charge is -2.29. The van der Waals surface area contributed by atoms with Gasteiger partial charge in [-0.25, -0.2) is 0 Å². The monoisotopic (exact) mass is 353 g/mol. The maximum atomic E-state index is 12.0. The molecular formula is C18H27NO6. The van der Waals surface area contributed by atoms with Crippen LogP contribution >= 0.6 is 0 Å². The Kier molecular flexibility index (Phi) is 7.64. The van der Waals surface area contributed by atoms with Gasteiger partial charge >= 0.3 is 0 Å². The number of aliphatic hydroxyl groups is 2. The van der Waals surface area contributed by atoms with E-state index in [-0.39, 0.29) is 12.5 Å².